The number of esters is 1. The Hall–Kier alpha value is -4.52. The van der Waals surface area contributed by atoms with E-state index in [-0.39, 0.29) is 17.0 Å². The predicted octanol–water partition coefficient (Wildman–Crippen LogP) is 8.63. The molecule has 0 amide bonds. The normalized spacial score (nSPS) is 11.1. The first-order valence-corrected chi connectivity index (χ1v) is 14.1. The third kappa shape index (κ3) is 11.6. The Morgan fingerprint density at radius 3 is 1.98 bits per heavy atom. The van der Waals surface area contributed by atoms with Crippen LogP contribution in [-0.2, 0) is 4.79 Å². The van der Waals surface area contributed by atoms with Crippen molar-refractivity contribution in [1.29, 1.82) is 0 Å². The quantitative estimate of drug-likeness (QED) is 0.0315. The van der Waals surface area contributed by atoms with Crippen molar-refractivity contribution in [2.45, 2.75) is 58.3 Å². The van der Waals surface area contributed by atoms with Gasteiger partial charge < -0.3 is 9.47 Å². The maximum absolute atomic E-state index is 12.3. The van der Waals surface area contributed by atoms with E-state index in [0.717, 1.165) is 17.7 Å². The Labute approximate surface area is 241 Å². The molecule has 0 saturated carbocycles. The summed E-state index contributed by atoms with van der Waals surface area (Å²) in [6.07, 6.45) is 16.1. The van der Waals surface area contributed by atoms with Gasteiger partial charge in [-0.2, -0.15) is 0 Å². The van der Waals surface area contributed by atoms with Gasteiger partial charge in [0, 0.05) is 23.8 Å². The summed E-state index contributed by atoms with van der Waals surface area (Å²) >= 11 is 0. The minimum Gasteiger partial charge on any atom is -0.494 e. The molecular weight excluding hydrogens is 518 g/mol. The molecule has 0 aliphatic rings. The lowest BCUT2D eigenvalue weighted by atomic mass is 10.1. The van der Waals surface area contributed by atoms with Crippen LogP contribution in [0.4, 0.5) is 5.69 Å². The summed E-state index contributed by atoms with van der Waals surface area (Å²) in [7, 11) is 0. The highest BCUT2D eigenvalue weighted by Gasteiger charge is 2.09. The van der Waals surface area contributed by atoms with Gasteiger partial charge in [-0.1, -0.05) is 94.3 Å². The molecule has 0 atom stereocenters. The van der Waals surface area contributed by atoms with Gasteiger partial charge in [0.15, 0.2) is 5.78 Å². The summed E-state index contributed by atoms with van der Waals surface area (Å²) in [5, 5.41) is 10.9. The van der Waals surface area contributed by atoms with E-state index in [4.69, 9.17) is 9.47 Å². The van der Waals surface area contributed by atoms with Crippen LogP contribution < -0.4 is 9.47 Å². The number of unbranched alkanes of at least 4 members (excludes halogenated alkanes) is 7. The van der Waals surface area contributed by atoms with Crippen molar-refractivity contribution in [3.63, 3.8) is 0 Å². The fourth-order valence-electron chi connectivity index (χ4n) is 4.10. The first kappa shape index (κ1) is 31.0. The Morgan fingerprint density at radius 2 is 1.34 bits per heavy atom. The van der Waals surface area contributed by atoms with Crippen LogP contribution in [0.1, 0.15) is 79.8 Å². The molecule has 0 aliphatic heterocycles. The van der Waals surface area contributed by atoms with Crippen LogP contribution in [0, 0.1) is 10.1 Å². The topological polar surface area (TPSA) is 95.7 Å². The van der Waals surface area contributed by atoms with Crippen molar-refractivity contribution < 1.29 is 24.0 Å². The number of benzene rings is 3. The van der Waals surface area contributed by atoms with Crippen LogP contribution in [0.2, 0.25) is 0 Å². The molecule has 3 aromatic rings. The fraction of sp³-hybridized carbons (Fsp3) is 0.294. The number of nitro benzene ring substituents is 1. The van der Waals surface area contributed by atoms with Gasteiger partial charge in [0.1, 0.15) is 11.5 Å². The van der Waals surface area contributed by atoms with Gasteiger partial charge in [-0.05, 0) is 54.0 Å². The molecule has 7 nitrogen and oxygen atoms in total. The minimum absolute atomic E-state index is 0.139. The second-order valence-electron chi connectivity index (χ2n) is 9.72. The van der Waals surface area contributed by atoms with Crippen LogP contribution in [0.3, 0.4) is 0 Å². The van der Waals surface area contributed by atoms with Crippen LogP contribution in [-0.4, -0.2) is 23.3 Å². The number of non-ortho nitro benzene ring substituents is 1. The molecule has 0 fully saturated rings. The zero-order valence-electron chi connectivity index (χ0n) is 23.5. The van der Waals surface area contributed by atoms with Gasteiger partial charge in [0.05, 0.1) is 11.5 Å². The summed E-state index contributed by atoms with van der Waals surface area (Å²) in [5.74, 6) is 0.321. The molecule has 214 valence electrons. The van der Waals surface area contributed by atoms with Gasteiger partial charge in [-0.3, -0.25) is 14.9 Å². The maximum atomic E-state index is 12.3. The highest BCUT2D eigenvalue weighted by molar-refractivity contribution is 6.07. The van der Waals surface area contributed by atoms with E-state index < -0.39 is 10.9 Å². The van der Waals surface area contributed by atoms with E-state index in [2.05, 4.69) is 6.92 Å². The van der Waals surface area contributed by atoms with Gasteiger partial charge in [0.25, 0.3) is 5.69 Å². The molecule has 0 aromatic heterocycles. The number of carbonyl (C=O) groups excluding carboxylic acids is 2. The molecule has 0 N–H and O–H groups in total. The maximum Gasteiger partial charge on any atom is 0.336 e. The van der Waals surface area contributed by atoms with E-state index in [9.17, 15) is 19.7 Å². The summed E-state index contributed by atoms with van der Waals surface area (Å²) in [6, 6.07) is 19.8. The number of hydrogen-bond acceptors (Lipinski definition) is 6. The molecule has 3 rings (SSSR count). The molecule has 7 heteroatoms. The number of rotatable bonds is 17. The SMILES string of the molecule is CCCCCCCCCCOc1ccc(/C=C/C(=O)Oc2ccc(/C=C/C(=O)c3cccc([N+](=O)[O-])c3)cc2)cc1. The van der Waals surface area contributed by atoms with Crippen molar-refractivity contribution in [1.82, 2.24) is 0 Å². The molecule has 0 spiro atoms. The molecule has 0 unspecified atom stereocenters. The first-order chi connectivity index (χ1) is 19.9. The van der Waals surface area contributed by atoms with E-state index in [1.54, 1.807) is 36.4 Å². The Morgan fingerprint density at radius 1 is 0.756 bits per heavy atom. The van der Waals surface area contributed by atoms with Gasteiger partial charge >= 0.3 is 5.97 Å². The second kappa shape index (κ2) is 17.2. The van der Waals surface area contributed by atoms with Crippen LogP contribution in [0.25, 0.3) is 12.2 Å². The number of hydrogen-bond donors (Lipinski definition) is 0. The van der Waals surface area contributed by atoms with Gasteiger partial charge in [-0.15, -0.1) is 0 Å². The average molecular weight is 556 g/mol. The number of ketones is 1. The van der Waals surface area contributed by atoms with Crippen LogP contribution in [0.15, 0.2) is 84.9 Å². The molecule has 0 bridgehead atoms. The lowest BCUT2D eigenvalue weighted by molar-refractivity contribution is -0.384. The summed E-state index contributed by atoms with van der Waals surface area (Å²) < 4.78 is 11.2. The largest absolute Gasteiger partial charge is 0.494 e. The zero-order chi connectivity index (χ0) is 29.3. The predicted molar refractivity (Wildman–Crippen MR) is 162 cm³/mol. The van der Waals surface area contributed by atoms with Crippen molar-refractivity contribution in [2.75, 3.05) is 6.61 Å². The number of allylic oxidation sites excluding steroid dienone is 1. The van der Waals surface area contributed by atoms with Gasteiger partial charge in [0.2, 0.25) is 0 Å². The number of carbonyl (C=O) groups is 2. The lowest BCUT2D eigenvalue weighted by Crippen LogP contribution is -2.03. The highest BCUT2D eigenvalue weighted by atomic mass is 16.6. The molecule has 0 saturated heterocycles. The highest BCUT2D eigenvalue weighted by Crippen LogP contribution is 2.18. The standard InChI is InChI=1S/C34H37NO6/c1-2-3-4-5-6-7-8-9-25-40-31-19-13-28(14-20-31)18-24-34(37)41-32-21-15-27(16-22-32)17-23-33(36)29-11-10-12-30(26-29)35(38)39/h10-24,26H,2-9,25H2,1H3/b23-17+,24-18+. The number of ether oxygens (including phenoxy) is 2. The molecule has 41 heavy (non-hydrogen) atoms. The summed E-state index contributed by atoms with van der Waals surface area (Å²) in [5.41, 5.74) is 1.66. The minimum atomic E-state index is -0.541. The molecular formula is C34H37NO6. The second-order valence-corrected chi connectivity index (χ2v) is 9.72. The smallest absolute Gasteiger partial charge is 0.336 e. The molecule has 0 aliphatic carbocycles. The Balaban J connectivity index is 1.39. The summed E-state index contributed by atoms with van der Waals surface area (Å²) in [6.45, 7) is 2.94. The van der Waals surface area contributed by atoms with E-state index in [0.29, 0.717) is 17.9 Å². The lowest BCUT2D eigenvalue weighted by Gasteiger charge is -2.06. The summed E-state index contributed by atoms with van der Waals surface area (Å²) in [4.78, 5) is 34.9. The first-order valence-electron chi connectivity index (χ1n) is 14.1. The molecule has 3 aromatic carbocycles. The third-order valence-electron chi connectivity index (χ3n) is 6.43. The van der Waals surface area contributed by atoms with Crippen molar-refractivity contribution >= 4 is 29.6 Å². The Bertz CT molecular complexity index is 1330. The molecule has 0 heterocycles. The Kier molecular flexibility index (Phi) is 13.0. The number of nitrogens with zero attached hydrogens (tertiary/aromatic N) is 1. The van der Waals surface area contributed by atoms with Gasteiger partial charge in [-0.25, -0.2) is 4.79 Å². The van der Waals surface area contributed by atoms with E-state index in [1.165, 1.54) is 81.4 Å². The van der Waals surface area contributed by atoms with Crippen molar-refractivity contribution in [3.05, 3.63) is 112 Å². The van der Waals surface area contributed by atoms with E-state index in [1.807, 2.05) is 24.3 Å². The van der Waals surface area contributed by atoms with E-state index >= 15 is 0 Å². The van der Waals surface area contributed by atoms with Crippen LogP contribution in [0.5, 0.6) is 11.5 Å². The monoisotopic (exact) mass is 555 g/mol. The average Bonchev–Trinajstić information content (AvgIpc) is 2.99. The molecule has 0 radical (unpaired) electrons. The van der Waals surface area contributed by atoms with Crippen molar-refractivity contribution in [3.8, 4) is 11.5 Å². The zero-order valence-corrected chi connectivity index (χ0v) is 23.5. The van der Waals surface area contributed by atoms with Crippen LogP contribution >= 0.6 is 0 Å². The fourth-order valence-corrected chi connectivity index (χ4v) is 4.10. The third-order valence-corrected chi connectivity index (χ3v) is 6.43. The number of nitro groups is 1. The van der Waals surface area contributed by atoms with Crippen molar-refractivity contribution in [2.24, 2.45) is 0 Å².